The van der Waals surface area contributed by atoms with Gasteiger partial charge in [-0.2, -0.15) is 5.26 Å². The van der Waals surface area contributed by atoms with Crippen molar-refractivity contribution in [2.75, 3.05) is 13.2 Å². The number of ether oxygens (including phenoxy) is 2. The summed E-state index contributed by atoms with van der Waals surface area (Å²) in [6, 6.07) is 2.54. The molecule has 0 fully saturated rings. The normalized spacial score (nSPS) is 24.9. The van der Waals surface area contributed by atoms with E-state index in [9.17, 15) is 5.26 Å². The Morgan fingerprint density at radius 3 is 1.76 bits per heavy atom. The van der Waals surface area contributed by atoms with E-state index in [4.69, 9.17) is 9.47 Å². The number of rotatable bonds is 6. The fourth-order valence-electron chi connectivity index (χ4n) is 2.73. The molecular formula is C16H25N3O2. The van der Waals surface area contributed by atoms with Crippen molar-refractivity contribution in [1.29, 1.82) is 5.26 Å². The van der Waals surface area contributed by atoms with Crippen molar-refractivity contribution in [1.82, 2.24) is 0 Å². The van der Waals surface area contributed by atoms with Gasteiger partial charge in [-0.15, -0.1) is 0 Å². The fourth-order valence-corrected chi connectivity index (χ4v) is 2.73. The van der Waals surface area contributed by atoms with E-state index in [-0.39, 0.29) is 12.1 Å². The first-order chi connectivity index (χ1) is 9.99. The maximum atomic E-state index is 9.41. The second-order valence-corrected chi connectivity index (χ2v) is 6.69. The van der Waals surface area contributed by atoms with Crippen LogP contribution in [0.4, 0.5) is 0 Å². The number of aliphatic imine (C=N–C) groups is 2. The SMILES string of the molecule is CC(C)C[C@@H]1COC(C(C#N)C2=N[C@H](CC(C)C)CO2)=N1. The Balaban J connectivity index is 2.03. The van der Waals surface area contributed by atoms with Gasteiger partial charge in [0, 0.05) is 0 Å². The summed E-state index contributed by atoms with van der Waals surface area (Å²) >= 11 is 0. The predicted octanol–water partition coefficient (Wildman–Crippen LogP) is 2.81. The molecule has 2 aliphatic rings. The van der Waals surface area contributed by atoms with Crippen molar-refractivity contribution in [3.8, 4) is 6.07 Å². The molecule has 0 saturated carbocycles. The lowest BCUT2D eigenvalue weighted by atomic mass is 10.1. The van der Waals surface area contributed by atoms with Crippen molar-refractivity contribution in [3.05, 3.63) is 0 Å². The first-order valence-corrected chi connectivity index (χ1v) is 7.80. The molecule has 0 saturated heterocycles. The largest absolute Gasteiger partial charge is 0.477 e. The van der Waals surface area contributed by atoms with E-state index in [1.54, 1.807) is 0 Å². The minimum atomic E-state index is -0.584. The average molecular weight is 291 g/mol. The van der Waals surface area contributed by atoms with Gasteiger partial charge in [0.2, 0.25) is 11.8 Å². The van der Waals surface area contributed by atoms with Crippen LogP contribution in [0.1, 0.15) is 40.5 Å². The summed E-state index contributed by atoms with van der Waals surface area (Å²) in [6.45, 7) is 9.78. The number of nitrogens with zero attached hydrogens (tertiary/aromatic N) is 3. The Kier molecular flexibility index (Phi) is 5.22. The summed E-state index contributed by atoms with van der Waals surface area (Å²) in [5.74, 6) is 1.51. The average Bonchev–Trinajstić information content (AvgIpc) is 3.00. The van der Waals surface area contributed by atoms with Crippen molar-refractivity contribution < 1.29 is 9.47 Å². The summed E-state index contributed by atoms with van der Waals surface area (Å²) in [5.41, 5.74) is 0. The molecule has 0 aromatic carbocycles. The van der Waals surface area contributed by atoms with Gasteiger partial charge in [0.05, 0.1) is 18.2 Å². The molecule has 21 heavy (non-hydrogen) atoms. The zero-order chi connectivity index (χ0) is 15.4. The van der Waals surface area contributed by atoms with Crippen LogP contribution < -0.4 is 0 Å². The molecule has 0 N–H and O–H groups in total. The number of hydrogen-bond acceptors (Lipinski definition) is 5. The smallest absolute Gasteiger partial charge is 0.211 e. The second-order valence-electron chi connectivity index (χ2n) is 6.69. The number of nitriles is 1. The van der Waals surface area contributed by atoms with E-state index in [0.717, 1.165) is 12.8 Å². The highest BCUT2D eigenvalue weighted by Crippen LogP contribution is 2.22. The Bertz CT molecular complexity index is 427. The van der Waals surface area contributed by atoms with Crippen LogP contribution in [0.25, 0.3) is 0 Å². The maximum Gasteiger partial charge on any atom is 0.211 e. The van der Waals surface area contributed by atoms with E-state index in [0.29, 0.717) is 36.8 Å². The van der Waals surface area contributed by atoms with Crippen LogP contribution >= 0.6 is 0 Å². The van der Waals surface area contributed by atoms with Gasteiger partial charge in [-0.05, 0) is 24.7 Å². The molecule has 5 heteroatoms. The Hall–Kier alpha value is -1.57. The fraction of sp³-hybridized carbons (Fsp3) is 0.812. The molecule has 2 rings (SSSR count). The Morgan fingerprint density at radius 2 is 1.43 bits per heavy atom. The van der Waals surface area contributed by atoms with Gasteiger partial charge < -0.3 is 9.47 Å². The summed E-state index contributed by atoms with van der Waals surface area (Å²) in [6.07, 6.45) is 1.95. The third-order valence-corrected chi connectivity index (χ3v) is 3.58. The molecule has 0 spiro atoms. The molecule has 5 nitrogen and oxygen atoms in total. The van der Waals surface area contributed by atoms with Crippen LogP contribution in [-0.4, -0.2) is 37.1 Å². The predicted molar refractivity (Wildman–Crippen MR) is 82.4 cm³/mol. The molecule has 0 aromatic heterocycles. The topological polar surface area (TPSA) is 67.0 Å². The molecule has 0 radical (unpaired) electrons. The zero-order valence-corrected chi connectivity index (χ0v) is 13.4. The van der Waals surface area contributed by atoms with Crippen LogP contribution in [0, 0.1) is 29.1 Å². The molecule has 0 aliphatic carbocycles. The van der Waals surface area contributed by atoms with Crippen molar-refractivity contribution in [2.24, 2.45) is 27.7 Å². The highest BCUT2D eigenvalue weighted by Gasteiger charge is 2.34. The van der Waals surface area contributed by atoms with Crippen LogP contribution in [0.3, 0.4) is 0 Å². The van der Waals surface area contributed by atoms with Gasteiger partial charge >= 0.3 is 0 Å². The lowest BCUT2D eigenvalue weighted by Gasteiger charge is -2.07. The summed E-state index contributed by atoms with van der Waals surface area (Å²) in [4.78, 5) is 9.08. The minimum absolute atomic E-state index is 0.157. The van der Waals surface area contributed by atoms with Gasteiger partial charge in [-0.1, -0.05) is 27.7 Å². The monoisotopic (exact) mass is 291 g/mol. The van der Waals surface area contributed by atoms with Gasteiger partial charge in [0.25, 0.3) is 0 Å². The third kappa shape index (κ3) is 4.20. The molecule has 2 heterocycles. The zero-order valence-electron chi connectivity index (χ0n) is 13.4. The van der Waals surface area contributed by atoms with Crippen LogP contribution in [0.2, 0.25) is 0 Å². The van der Waals surface area contributed by atoms with E-state index >= 15 is 0 Å². The molecule has 2 atom stereocenters. The van der Waals surface area contributed by atoms with Crippen LogP contribution in [0.5, 0.6) is 0 Å². The summed E-state index contributed by atoms with van der Waals surface area (Å²) in [5, 5.41) is 9.41. The first kappa shape index (κ1) is 15.8. The molecule has 0 bridgehead atoms. The van der Waals surface area contributed by atoms with Crippen molar-refractivity contribution in [3.63, 3.8) is 0 Å². The molecule has 116 valence electrons. The van der Waals surface area contributed by atoms with Crippen molar-refractivity contribution >= 4 is 11.8 Å². The van der Waals surface area contributed by atoms with Crippen LogP contribution in [0.15, 0.2) is 9.98 Å². The van der Waals surface area contributed by atoms with E-state index < -0.39 is 5.92 Å². The Labute approximate surface area is 127 Å². The number of hydrogen-bond donors (Lipinski definition) is 0. The highest BCUT2D eigenvalue weighted by molar-refractivity contribution is 6.04. The lowest BCUT2D eigenvalue weighted by molar-refractivity contribution is 0.278. The first-order valence-electron chi connectivity index (χ1n) is 7.80. The van der Waals surface area contributed by atoms with E-state index in [2.05, 4.69) is 43.7 Å². The Morgan fingerprint density at radius 1 is 1.00 bits per heavy atom. The quantitative estimate of drug-likeness (QED) is 0.755. The van der Waals surface area contributed by atoms with Crippen LogP contribution in [-0.2, 0) is 9.47 Å². The summed E-state index contributed by atoms with van der Waals surface area (Å²) < 4.78 is 11.2. The van der Waals surface area contributed by atoms with Gasteiger partial charge in [-0.25, -0.2) is 9.98 Å². The second kappa shape index (κ2) is 6.93. The lowest BCUT2D eigenvalue weighted by Crippen LogP contribution is -2.23. The maximum absolute atomic E-state index is 9.41. The van der Waals surface area contributed by atoms with Gasteiger partial charge in [0.1, 0.15) is 13.2 Å². The van der Waals surface area contributed by atoms with E-state index in [1.807, 2.05) is 0 Å². The summed E-state index contributed by atoms with van der Waals surface area (Å²) in [7, 11) is 0. The van der Waals surface area contributed by atoms with Crippen molar-refractivity contribution in [2.45, 2.75) is 52.6 Å². The standard InChI is InChI=1S/C16H25N3O2/c1-10(2)5-12-8-20-15(18-12)14(7-17)16-19-13(9-21-16)6-11(3)4/h10-14H,5-6,8-9H2,1-4H3/t12-,13-/m1/s1. The minimum Gasteiger partial charge on any atom is -0.477 e. The molecule has 0 aromatic rings. The molecular weight excluding hydrogens is 266 g/mol. The highest BCUT2D eigenvalue weighted by atomic mass is 16.5. The third-order valence-electron chi connectivity index (χ3n) is 3.58. The van der Waals surface area contributed by atoms with Gasteiger partial charge in [-0.3, -0.25) is 0 Å². The molecule has 2 aliphatic heterocycles. The molecule has 0 amide bonds. The van der Waals surface area contributed by atoms with Gasteiger partial charge in [0.15, 0.2) is 5.92 Å². The van der Waals surface area contributed by atoms with E-state index in [1.165, 1.54) is 0 Å². The molecule has 0 unspecified atom stereocenters.